The highest BCUT2D eigenvalue weighted by molar-refractivity contribution is 5.50. The van der Waals surface area contributed by atoms with Gasteiger partial charge < -0.3 is 14.6 Å². The van der Waals surface area contributed by atoms with Crippen LogP contribution in [0.3, 0.4) is 0 Å². The molecule has 38 heavy (non-hydrogen) atoms. The molecule has 0 bridgehead atoms. The maximum Gasteiger partial charge on any atom is 0.416 e. The van der Waals surface area contributed by atoms with Crippen LogP contribution >= 0.6 is 0 Å². The predicted molar refractivity (Wildman–Crippen MR) is 117 cm³/mol. The van der Waals surface area contributed by atoms with E-state index < -0.39 is 23.5 Å². The van der Waals surface area contributed by atoms with Crippen molar-refractivity contribution >= 4 is 12.0 Å². The lowest BCUT2D eigenvalue weighted by molar-refractivity contribution is -0.143. The van der Waals surface area contributed by atoms with Crippen molar-refractivity contribution in [2.75, 3.05) is 23.3 Å². The van der Waals surface area contributed by atoms with Crippen molar-refractivity contribution in [2.45, 2.75) is 24.8 Å². The van der Waals surface area contributed by atoms with Crippen molar-refractivity contribution in [1.82, 2.24) is 35.6 Å². The lowest BCUT2D eigenvalue weighted by Crippen LogP contribution is -2.23. The molecular weight excluding hydrogens is 520 g/mol. The van der Waals surface area contributed by atoms with E-state index in [1.165, 1.54) is 12.3 Å². The van der Waals surface area contributed by atoms with Crippen LogP contribution in [0, 0.1) is 11.8 Å². The average Bonchev–Trinajstić information content (AvgIpc) is 3.40. The van der Waals surface area contributed by atoms with Gasteiger partial charge in [-0.3, -0.25) is 0 Å². The largest absolute Gasteiger partial charge is 0.416 e. The number of rotatable bonds is 6. The van der Waals surface area contributed by atoms with Crippen LogP contribution in [0.15, 0.2) is 41.1 Å². The van der Waals surface area contributed by atoms with Crippen LogP contribution in [-0.2, 0) is 18.9 Å². The van der Waals surface area contributed by atoms with Gasteiger partial charge in [0.1, 0.15) is 5.69 Å². The highest BCUT2D eigenvalue weighted by atomic mass is 19.4. The van der Waals surface area contributed by atoms with Gasteiger partial charge in [0.15, 0.2) is 0 Å². The van der Waals surface area contributed by atoms with Crippen molar-refractivity contribution in [2.24, 2.45) is 11.8 Å². The monoisotopic (exact) mass is 537 g/mol. The number of H-pyrrole nitrogens is 1. The molecule has 2 atom stereocenters. The summed E-state index contributed by atoms with van der Waals surface area (Å²) in [5.41, 5.74) is -1.86. The Kier molecular flexibility index (Phi) is 5.50. The van der Waals surface area contributed by atoms with Gasteiger partial charge in [-0.1, -0.05) is 5.10 Å². The molecule has 1 saturated heterocycles. The summed E-state index contributed by atoms with van der Waals surface area (Å²) in [6.07, 6.45) is -6.79. The summed E-state index contributed by atoms with van der Waals surface area (Å²) in [7, 11) is 0. The Hall–Kier alpha value is -4.24. The van der Waals surface area contributed by atoms with E-state index in [9.17, 15) is 26.3 Å². The minimum absolute atomic E-state index is 0.0360. The number of aromatic amines is 1. The van der Waals surface area contributed by atoms with Crippen LogP contribution in [0.1, 0.15) is 28.3 Å². The van der Waals surface area contributed by atoms with E-state index in [4.69, 9.17) is 4.42 Å². The van der Waals surface area contributed by atoms with Crippen LogP contribution in [0.25, 0.3) is 11.6 Å². The van der Waals surface area contributed by atoms with Crippen LogP contribution in [0.5, 0.6) is 0 Å². The zero-order chi connectivity index (χ0) is 26.7. The number of hydrogen-bond donors (Lipinski definition) is 2. The van der Waals surface area contributed by atoms with Crippen molar-refractivity contribution in [3.05, 3.63) is 59.0 Å². The van der Waals surface area contributed by atoms with E-state index in [0.717, 1.165) is 18.8 Å². The van der Waals surface area contributed by atoms with Gasteiger partial charge in [-0.15, -0.1) is 5.10 Å². The van der Waals surface area contributed by atoms with Crippen LogP contribution in [0.4, 0.5) is 38.3 Å². The maximum atomic E-state index is 13.1. The molecule has 2 fully saturated rings. The Morgan fingerprint density at radius 2 is 1.71 bits per heavy atom. The zero-order valence-electron chi connectivity index (χ0n) is 19.1. The van der Waals surface area contributed by atoms with Crippen molar-refractivity contribution in [1.29, 1.82) is 0 Å². The molecule has 4 aromatic rings. The molecular formula is C22H17F6N9O. The second kappa shape index (κ2) is 8.66. The Labute approximate surface area is 209 Å². The molecule has 1 aliphatic carbocycles. The second-order valence-corrected chi connectivity index (χ2v) is 9.08. The predicted octanol–water partition coefficient (Wildman–Crippen LogP) is 4.14. The normalized spacial score (nSPS) is 21.0. The first-order valence-electron chi connectivity index (χ1n) is 11.4. The Balaban J connectivity index is 1.13. The van der Waals surface area contributed by atoms with Gasteiger partial charge >= 0.3 is 18.4 Å². The molecule has 16 heteroatoms. The first-order chi connectivity index (χ1) is 18.1. The van der Waals surface area contributed by atoms with Crippen molar-refractivity contribution in [3.8, 4) is 11.6 Å². The second-order valence-electron chi connectivity index (χ2n) is 9.08. The summed E-state index contributed by atoms with van der Waals surface area (Å²) in [5.74, 6) is 1.24. The summed E-state index contributed by atoms with van der Waals surface area (Å²) in [6.45, 7) is 1.06. The van der Waals surface area contributed by atoms with Gasteiger partial charge in [0.05, 0.1) is 23.0 Å². The lowest BCUT2D eigenvalue weighted by Gasteiger charge is -2.15. The first-order valence-corrected chi connectivity index (χ1v) is 11.4. The minimum atomic E-state index is -4.94. The standard InChI is InChI=1S/C22H17F6N9O/c23-21(24,25)11-3-10(4-12(5-11)22(26,27)28)6-30-19-29-2-1-15(32-19)18-34-35-20(38-18)37-8-13-14(9-37)17(13)16-7-31-36-33-16/h1-5,7,13-14,17H,6,8-9H2,(H,29,30,32)(H,31,33,36). The van der Waals surface area contributed by atoms with Crippen molar-refractivity contribution in [3.63, 3.8) is 0 Å². The molecule has 1 saturated carbocycles. The summed E-state index contributed by atoms with van der Waals surface area (Å²) in [6, 6.07) is 3.18. The van der Waals surface area contributed by atoms with E-state index in [1.807, 2.05) is 4.90 Å². The fourth-order valence-corrected chi connectivity index (χ4v) is 4.80. The number of hydrogen-bond acceptors (Lipinski definition) is 9. The topological polar surface area (TPSA) is 122 Å². The fourth-order valence-electron chi connectivity index (χ4n) is 4.80. The fraction of sp³-hybridized carbons (Fsp3) is 0.364. The quantitative estimate of drug-likeness (QED) is 0.350. The number of aromatic nitrogens is 7. The first kappa shape index (κ1) is 24.1. The third-order valence-electron chi connectivity index (χ3n) is 6.63. The Morgan fingerprint density at radius 1 is 1.00 bits per heavy atom. The van der Waals surface area contributed by atoms with E-state index in [0.29, 0.717) is 35.9 Å². The molecule has 0 radical (unpaired) electrons. The number of anilines is 2. The van der Waals surface area contributed by atoms with Crippen LogP contribution in [-0.4, -0.2) is 48.7 Å². The molecule has 4 heterocycles. The third kappa shape index (κ3) is 4.61. The highest BCUT2D eigenvalue weighted by Crippen LogP contribution is 2.58. The summed E-state index contributed by atoms with van der Waals surface area (Å²) >= 11 is 0. The number of piperidine rings is 1. The number of benzene rings is 1. The number of nitrogens with zero attached hydrogens (tertiary/aromatic N) is 7. The van der Waals surface area contributed by atoms with Crippen LogP contribution in [0.2, 0.25) is 0 Å². The molecule has 1 aliphatic heterocycles. The maximum absolute atomic E-state index is 13.1. The van der Waals surface area contributed by atoms with Gasteiger partial charge in [-0.2, -0.15) is 41.8 Å². The number of halogens is 6. The molecule has 198 valence electrons. The minimum Gasteiger partial charge on any atom is -0.402 e. The third-order valence-corrected chi connectivity index (χ3v) is 6.63. The van der Waals surface area contributed by atoms with Crippen LogP contribution < -0.4 is 10.2 Å². The molecule has 6 rings (SSSR count). The highest BCUT2D eigenvalue weighted by Gasteiger charge is 2.58. The molecule has 0 spiro atoms. The summed E-state index contributed by atoms with van der Waals surface area (Å²) in [5, 5.41) is 21.4. The SMILES string of the molecule is FC(F)(F)c1cc(CNc2nccc(-c3nnc(N4CC5C(C4)C5c4cn[nH]n4)o3)n2)cc(C(F)(F)F)c1. The van der Waals surface area contributed by atoms with Gasteiger partial charge in [0.25, 0.3) is 5.89 Å². The summed E-state index contributed by atoms with van der Waals surface area (Å²) in [4.78, 5) is 10.2. The van der Waals surface area contributed by atoms with Gasteiger partial charge in [-0.05, 0) is 41.7 Å². The van der Waals surface area contributed by atoms with E-state index >= 15 is 0 Å². The Morgan fingerprint density at radius 3 is 2.34 bits per heavy atom. The molecule has 2 N–H and O–H groups in total. The van der Waals surface area contributed by atoms with Crippen molar-refractivity contribution < 1.29 is 30.8 Å². The van der Waals surface area contributed by atoms with E-state index in [-0.39, 0.29) is 35.7 Å². The number of alkyl halides is 6. The average molecular weight is 537 g/mol. The van der Waals surface area contributed by atoms with Gasteiger partial charge in [0.2, 0.25) is 5.95 Å². The Bertz CT molecular complexity index is 1410. The van der Waals surface area contributed by atoms with E-state index in [1.54, 1.807) is 6.20 Å². The van der Waals surface area contributed by atoms with Gasteiger partial charge in [-0.25, -0.2) is 9.97 Å². The number of fused-ring (bicyclic) bond motifs is 1. The summed E-state index contributed by atoms with van der Waals surface area (Å²) < 4.78 is 84.5. The van der Waals surface area contributed by atoms with E-state index in [2.05, 4.69) is 40.9 Å². The molecule has 3 aromatic heterocycles. The molecule has 1 aromatic carbocycles. The number of nitrogens with one attached hydrogen (secondary N) is 2. The van der Waals surface area contributed by atoms with Gasteiger partial charge in [0, 0.05) is 31.7 Å². The molecule has 10 nitrogen and oxygen atoms in total. The zero-order valence-corrected chi connectivity index (χ0v) is 19.1. The molecule has 2 aliphatic rings. The smallest absolute Gasteiger partial charge is 0.402 e. The molecule has 2 unspecified atom stereocenters. The lowest BCUT2D eigenvalue weighted by atomic mass is 10.0. The molecule has 0 amide bonds.